The van der Waals surface area contributed by atoms with Crippen molar-refractivity contribution < 1.29 is 5.11 Å². The van der Waals surface area contributed by atoms with Crippen molar-refractivity contribution in [3.63, 3.8) is 0 Å². The van der Waals surface area contributed by atoms with Gasteiger partial charge in [-0.15, -0.1) is 0 Å². The molecule has 0 spiro atoms. The van der Waals surface area contributed by atoms with Crippen molar-refractivity contribution in [2.45, 2.75) is 45.1 Å². The van der Waals surface area contributed by atoms with Gasteiger partial charge in [0.05, 0.1) is 6.10 Å². The topological polar surface area (TPSA) is 38.1 Å². The Balaban J connectivity index is 1.87. The molecule has 0 saturated heterocycles. The maximum Gasteiger partial charge on any atom is 0.0568 e. The molecule has 0 amide bonds. The van der Waals surface area contributed by atoms with Crippen LogP contribution in [-0.4, -0.2) is 21.0 Å². The van der Waals surface area contributed by atoms with Gasteiger partial charge >= 0.3 is 0 Å². The number of aliphatic hydroxyl groups is 1. The summed E-state index contributed by atoms with van der Waals surface area (Å²) in [7, 11) is 1.98. The summed E-state index contributed by atoms with van der Waals surface area (Å²) in [4.78, 5) is 0. The van der Waals surface area contributed by atoms with Crippen LogP contribution in [0.3, 0.4) is 0 Å². The van der Waals surface area contributed by atoms with E-state index in [1.807, 2.05) is 17.9 Å². The highest BCUT2D eigenvalue weighted by atomic mass is 16.3. The van der Waals surface area contributed by atoms with Gasteiger partial charge in [0, 0.05) is 18.9 Å². The van der Waals surface area contributed by atoms with Crippen molar-refractivity contribution in [2.75, 3.05) is 0 Å². The molecule has 3 nitrogen and oxygen atoms in total. The average Bonchev–Trinajstić information content (AvgIpc) is 2.66. The molecule has 2 rings (SSSR count). The van der Waals surface area contributed by atoms with Gasteiger partial charge in [0.15, 0.2) is 0 Å². The minimum absolute atomic E-state index is 0.0792. The summed E-state index contributed by atoms with van der Waals surface area (Å²) in [6, 6.07) is 2.07. The first-order valence-corrected chi connectivity index (χ1v) is 6.31. The second kappa shape index (κ2) is 5.00. The van der Waals surface area contributed by atoms with Gasteiger partial charge in [0.25, 0.3) is 0 Å². The lowest BCUT2D eigenvalue weighted by Gasteiger charge is -2.31. The van der Waals surface area contributed by atoms with Crippen molar-refractivity contribution in [3.8, 4) is 0 Å². The van der Waals surface area contributed by atoms with E-state index in [-0.39, 0.29) is 6.10 Å². The minimum atomic E-state index is -0.0792. The molecule has 1 aromatic rings. The molecule has 0 bridgehead atoms. The number of aromatic nitrogens is 2. The van der Waals surface area contributed by atoms with E-state index >= 15 is 0 Å². The van der Waals surface area contributed by atoms with Gasteiger partial charge in [0.1, 0.15) is 0 Å². The van der Waals surface area contributed by atoms with E-state index in [0.29, 0.717) is 5.92 Å². The van der Waals surface area contributed by atoms with Crippen molar-refractivity contribution in [3.05, 3.63) is 18.0 Å². The second-order valence-corrected chi connectivity index (χ2v) is 5.23. The standard InChI is InChI=1S/C13H22N2O/c1-10-3-6-13(16)11(9-10)4-5-12-7-8-14-15(12)2/h7-8,10-11,13,16H,3-6,9H2,1-2H3. The summed E-state index contributed by atoms with van der Waals surface area (Å²) in [5, 5.41) is 14.1. The summed E-state index contributed by atoms with van der Waals surface area (Å²) < 4.78 is 1.93. The van der Waals surface area contributed by atoms with Crippen LogP contribution in [0.2, 0.25) is 0 Å². The third-order valence-corrected chi connectivity index (χ3v) is 3.90. The van der Waals surface area contributed by atoms with Crippen molar-refractivity contribution >= 4 is 0 Å². The van der Waals surface area contributed by atoms with E-state index in [1.54, 1.807) is 0 Å². The first-order chi connectivity index (χ1) is 7.66. The van der Waals surface area contributed by atoms with Crippen LogP contribution >= 0.6 is 0 Å². The van der Waals surface area contributed by atoms with Gasteiger partial charge in [-0.3, -0.25) is 4.68 Å². The Hall–Kier alpha value is -0.830. The Morgan fingerprint density at radius 3 is 3.00 bits per heavy atom. The normalized spacial score (nSPS) is 30.6. The number of hydrogen-bond donors (Lipinski definition) is 1. The molecular weight excluding hydrogens is 200 g/mol. The SMILES string of the molecule is CC1CCC(O)C(CCc2ccnn2C)C1. The molecule has 3 unspecified atom stereocenters. The summed E-state index contributed by atoms with van der Waals surface area (Å²) in [6.45, 7) is 2.29. The van der Waals surface area contributed by atoms with Crippen molar-refractivity contribution in [2.24, 2.45) is 18.9 Å². The van der Waals surface area contributed by atoms with Crippen LogP contribution in [0.5, 0.6) is 0 Å². The Bertz CT molecular complexity index is 334. The highest BCUT2D eigenvalue weighted by Gasteiger charge is 2.26. The molecule has 0 aliphatic heterocycles. The average molecular weight is 222 g/mol. The Kier molecular flexibility index (Phi) is 3.64. The fraction of sp³-hybridized carbons (Fsp3) is 0.769. The summed E-state index contributed by atoms with van der Waals surface area (Å²) in [5.74, 6) is 1.26. The smallest absolute Gasteiger partial charge is 0.0568 e. The summed E-state index contributed by atoms with van der Waals surface area (Å²) in [5.41, 5.74) is 1.27. The maximum absolute atomic E-state index is 9.96. The third-order valence-electron chi connectivity index (χ3n) is 3.90. The summed E-state index contributed by atoms with van der Waals surface area (Å²) >= 11 is 0. The van der Waals surface area contributed by atoms with Crippen LogP contribution in [-0.2, 0) is 13.5 Å². The highest BCUT2D eigenvalue weighted by molar-refractivity contribution is 5.00. The zero-order valence-electron chi connectivity index (χ0n) is 10.3. The number of rotatable bonds is 3. The molecule has 1 aliphatic rings. The van der Waals surface area contributed by atoms with Gasteiger partial charge in [-0.2, -0.15) is 5.10 Å². The number of nitrogens with zero attached hydrogens (tertiary/aromatic N) is 2. The van der Waals surface area contributed by atoms with Crippen LogP contribution in [0.1, 0.15) is 38.3 Å². The number of hydrogen-bond acceptors (Lipinski definition) is 2. The molecule has 1 aromatic heterocycles. The maximum atomic E-state index is 9.96. The zero-order valence-corrected chi connectivity index (χ0v) is 10.3. The van der Waals surface area contributed by atoms with Crippen LogP contribution in [0.25, 0.3) is 0 Å². The fourth-order valence-electron chi connectivity index (χ4n) is 2.77. The monoisotopic (exact) mass is 222 g/mol. The van der Waals surface area contributed by atoms with Crippen LogP contribution in [0.4, 0.5) is 0 Å². The van der Waals surface area contributed by atoms with Gasteiger partial charge < -0.3 is 5.11 Å². The molecule has 0 radical (unpaired) electrons. The molecule has 1 saturated carbocycles. The van der Waals surface area contributed by atoms with Crippen LogP contribution in [0.15, 0.2) is 12.3 Å². The van der Waals surface area contributed by atoms with Crippen molar-refractivity contribution in [1.82, 2.24) is 9.78 Å². The Morgan fingerprint density at radius 1 is 1.50 bits per heavy atom. The van der Waals surface area contributed by atoms with Crippen molar-refractivity contribution in [1.29, 1.82) is 0 Å². The van der Waals surface area contributed by atoms with Gasteiger partial charge in [-0.25, -0.2) is 0 Å². The molecule has 16 heavy (non-hydrogen) atoms. The van der Waals surface area contributed by atoms with E-state index in [0.717, 1.165) is 25.2 Å². The quantitative estimate of drug-likeness (QED) is 0.851. The molecule has 1 aliphatic carbocycles. The van der Waals surface area contributed by atoms with E-state index in [2.05, 4.69) is 18.1 Å². The third kappa shape index (κ3) is 2.64. The second-order valence-electron chi connectivity index (χ2n) is 5.23. The Morgan fingerprint density at radius 2 is 2.31 bits per heavy atom. The largest absolute Gasteiger partial charge is 0.393 e. The van der Waals surface area contributed by atoms with Gasteiger partial charge in [0.2, 0.25) is 0 Å². The van der Waals surface area contributed by atoms with E-state index in [9.17, 15) is 5.11 Å². The van der Waals surface area contributed by atoms with E-state index in [4.69, 9.17) is 0 Å². The van der Waals surface area contributed by atoms with Gasteiger partial charge in [-0.1, -0.05) is 6.92 Å². The zero-order chi connectivity index (χ0) is 11.5. The van der Waals surface area contributed by atoms with Gasteiger partial charge in [-0.05, 0) is 50.0 Å². The molecule has 90 valence electrons. The lowest BCUT2D eigenvalue weighted by Crippen LogP contribution is -2.28. The molecule has 1 fully saturated rings. The highest BCUT2D eigenvalue weighted by Crippen LogP contribution is 2.31. The van der Waals surface area contributed by atoms with Crippen LogP contribution in [0, 0.1) is 11.8 Å². The fourth-order valence-corrected chi connectivity index (χ4v) is 2.77. The number of aryl methyl sites for hydroxylation is 2. The molecular formula is C13H22N2O. The molecule has 0 aromatic carbocycles. The molecule has 1 heterocycles. The van der Waals surface area contributed by atoms with E-state index in [1.165, 1.54) is 18.5 Å². The lowest BCUT2D eigenvalue weighted by molar-refractivity contribution is 0.0474. The molecule has 1 N–H and O–H groups in total. The van der Waals surface area contributed by atoms with E-state index < -0.39 is 0 Å². The number of aliphatic hydroxyl groups excluding tert-OH is 1. The lowest BCUT2D eigenvalue weighted by atomic mass is 9.78. The predicted octanol–water partition coefficient (Wildman–Crippen LogP) is 2.15. The molecule has 3 heteroatoms. The Labute approximate surface area is 97.5 Å². The van der Waals surface area contributed by atoms with Crippen LogP contribution < -0.4 is 0 Å². The first-order valence-electron chi connectivity index (χ1n) is 6.31. The first kappa shape index (κ1) is 11.6. The summed E-state index contributed by atoms with van der Waals surface area (Å²) in [6.07, 6.45) is 7.23. The predicted molar refractivity (Wildman–Crippen MR) is 64.0 cm³/mol. The molecule has 3 atom stereocenters. The minimum Gasteiger partial charge on any atom is -0.393 e.